The highest BCUT2D eigenvalue weighted by atomic mass is 32.2. The van der Waals surface area contributed by atoms with Crippen LogP contribution in [-0.2, 0) is 20.6 Å². The van der Waals surface area contributed by atoms with Gasteiger partial charge in [-0.15, -0.1) is 0 Å². The molecule has 3 rings (SSSR count). The Morgan fingerprint density at radius 3 is 1.64 bits per heavy atom. The number of rotatable bonds is 3. The van der Waals surface area contributed by atoms with E-state index in [1.165, 1.54) is 0 Å². The maximum Gasteiger partial charge on any atom is 0.217 e. The second kappa shape index (κ2) is 7.91. The van der Waals surface area contributed by atoms with Crippen molar-refractivity contribution >= 4 is 43.5 Å². The highest BCUT2D eigenvalue weighted by Crippen LogP contribution is 2.55. The Kier molecular flexibility index (Phi) is 5.63. The average molecular weight is 390 g/mol. The lowest BCUT2D eigenvalue weighted by atomic mass is 10.2. The Morgan fingerprint density at radius 2 is 1.20 bits per heavy atom. The van der Waals surface area contributed by atoms with Gasteiger partial charge in [0, 0.05) is 12.8 Å². The third kappa shape index (κ3) is 4.15. The molecule has 0 aromatic heterocycles. The van der Waals surface area contributed by atoms with Gasteiger partial charge in [-0.25, -0.2) is 0 Å². The minimum atomic E-state index is -2.25. The first-order valence-corrected chi connectivity index (χ1v) is 11.1. The van der Waals surface area contributed by atoms with Crippen LogP contribution in [-0.4, -0.2) is 26.6 Å². The highest BCUT2D eigenvalue weighted by molar-refractivity contribution is 7.76. The van der Waals surface area contributed by atoms with Gasteiger partial charge in [0.25, 0.3) is 0 Å². The molecule has 0 unspecified atom stereocenters. The van der Waals surface area contributed by atoms with Crippen LogP contribution in [0, 0.1) is 0 Å². The van der Waals surface area contributed by atoms with Gasteiger partial charge in [0.1, 0.15) is 0 Å². The van der Waals surface area contributed by atoms with E-state index in [4.69, 9.17) is 0 Å². The van der Waals surface area contributed by atoms with Gasteiger partial charge in [0.05, 0.1) is 9.73 Å². The second-order valence-electron chi connectivity index (χ2n) is 5.46. The molecule has 1 aromatic carbocycles. The van der Waals surface area contributed by atoms with E-state index in [-0.39, 0.29) is 0 Å². The van der Waals surface area contributed by atoms with Crippen molar-refractivity contribution in [2.24, 2.45) is 0 Å². The second-order valence-corrected chi connectivity index (χ2v) is 9.78. The summed E-state index contributed by atoms with van der Waals surface area (Å²) in [5.41, 5.74) is 0. The summed E-state index contributed by atoms with van der Waals surface area (Å²) in [5.74, 6) is 0. The van der Waals surface area contributed by atoms with Crippen molar-refractivity contribution in [3.8, 4) is 0 Å². The van der Waals surface area contributed by atoms with Crippen LogP contribution in [0.5, 0.6) is 0 Å². The Labute approximate surface area is 150 Å². The van der Waals surface area contributed by atoms with Crippen molar-refractivity contribution in [3.05, 3.63) is 77.4 Å². The van der Waals surface area contributed by atoms with Crippen LogP contribution in [0.25, 0.3) is 0 Å². The topological polar surface area (TPSA) is 68.3 Å². The van der Waals surface area contributed by atoms with Gasteiger partial charge in [-0.3, -0.25) is 0 Å². The molecule has 0 saturated heterocycles. The fourth-order valence-electron chi connectivity index (χ4n) is 2.76. The van der Waals surface area contributed by atoms with Crippen molar-refractivity contribution in [1.82, 2.24) is 0 Å². The fraction of sp³-hybridized carbons (Fsp3) is 0.111. The van der Waals surface area contributed by atoms with Gasteiger partial charge in [-0.05, 0) is 36.0 Å². The zero-order valence-electron chi connectivity index (χ0n) is 13.2. The monoisotopic (exact) mass is 390 g/mol. The molecule has 128 valence electrons. The summed E-state index contributed by atoms with van der Waals surface area (Å²) in [5, 5.41) is 3.08. The summed E-state index contributed by atoms with van der Waals surface area (Å²) in [6.45, 7) is 0. The van der Waals surface area contributed by atoms with Crippen molar-refractivity contribution in [3.63, 3.8) is 0 Å². The van der Waals surface area contributed by atoms with Crippen LogP contribution in [0.2, 0.25) is 0 Å². The Hall–Kier alpha value is -2.01. The first kappa shape index (κ1) is 17.8. The Balaban J connectivity index is 2.10. The molecule has 7 heteroatoms. The summed E-state index contributed by atoms with van der Waals surface area (Å²) >= 11 is 0. The third-order valence-electron chi connectivity index (χ3n) is 3.87. The van der Waals surface area contributed by atoms with E-state index in [0.29, 0.717) is 22.6 Å². The molecule has 0 bridgehead atoms. The minimum absolute atomic E-state index is 0.351. The molecular formula is C18H15O4PS2. The van der Waals surface area contributed by atoms with Gasteiger partial charge in [0.15, 0.2) is 0 Å². The molecule has 0 N–H and O–H groups in total. The van der Waals surface area contributed by atoms with Crippen LogP contribution < -0.4 is 5.30 Å². The zero-order chi connectivity index (χ0) is 17.8. The molecule has 0 aliphatic heterocycles. The minimum Gasteiger partial charge on any atom is -0.184 e. The lowest BCUT2D eigenvalue weighted by Crippen LogP contribution is -2.11. The fourth-order valence-corrected chi connectivity index (χ4v) is 6.52. The van der Waals surface area contributed by atoms with E-state index < -0.39 is 28.5 Å². The van der Waals surface area contributed by atoms with E-state index in [1.54, 1.807) is 24.3 Å². The van der Waals surface area contributed by atoms with Crippen molar-refractivity contribution in [2.45, 2.75) is 12.8 Å². The molecule has 0 saturated carbocycles. The van der Waals surface area contributed by atoms with E-state index in [1.807, 2.05) is 42.5 Å². The van der Waals surface area contributed by atoms with Gasteiger partial charge in [-0.1, -0.05) is 54.6 Å². The SMILES string of the molecule is O=S(=O)=C1C=CC=C(P(C2=CC=CC(=S(=O)=O)C2)c2ccccc2)C1. The first-order valence-electron chi connectivity index (χ1n) is 7.56. The van der Waals surface area contributed by atoms with Gasteiger partial charge >= 0.3 is 0 Å². The first-order chi connectivity index (χ1) is 12.1. The standard InChI is InChI=1S/C18H15O4PS2/c19-24(20)17-10-4-8-15(12-17)23(14-6-2-1-3-7-14)16-9-5-11-18(13-16)25(21)22/h1-11H,12-13H2. The number of hydrogen-bond acceptors (Lipinski definition) is 4. The maximum absolute atomic E-state index is 11.4. The number of benzene rings is 1. The van der Waals surface area contributed by atoms with Crippen molar-refractivity contribution in [1.29, 1.82) is 0 Å². The summed E-state index contributed by atoms with van der Waals surface area (Å²) in [6.07, 6.45) is 11.3. The summed E-state index contributed by atoms with van der Waals surface area (Å²) < 4.78 is 45.4. The predicted octanol–water partition coefficient (Wildman–Crippen LogP) is 2.58. The van der Waals surface area contributed by atoms with E-state index >= 15 is 0 Å². The van der Waals surface area contributed by atoms with Crippen LogP contribution in [0.3, 0.4) is 0 Å². The van der Waals surface area contributed by atoms with Crippen molar-refractivity contribution in [2.75, 3.05) is 0 Å². The summed E-state index contributed by atoms with van der Waals surface area (Å²) in [7, 11) is -5.47. The highest BCUT2D eigenvalue weighted by Gasteiger charge is 2.24. The smallest absolute Gasteiger partial charge is 0.184 e. The quantitative estimate of drug-likeness (QED) is 0.588. The van der Waals surface area contributed by atoms with Crippen LogP contribution in [0.15, 0.2) is 77.4 Å². The van der Waals surface area contributed by atoms with Crippen molar-refractivity contribution < 1.29 is 16.8 Å². The van der Waals surface area contributed by atoms with E-state index in [0.717, 1.165) is 15.9 Å². The molecule has 0 fully saturated rings. The summed E-state index contributed by atoms with van der Waals surface area (Å²) in [4.78, 5) is 0.703. The molecule has 0 radical (unpaired) electrons. The lowest BCUT2D eigenvalue weighted by Gasteiger charge is -2.26. The molecule has 4 nitrogen and oxygen atoms in total. The molecular weight excluding hydrogens is 375 g/mol. The maximum atomic E-state index is 11.4. The molecule has 0 heterocycles. The van der Waals surface area contributed by atoms with Gasteiger partial charge < -0.3 is 0 Å². The summed E-state index contributed by atoms with van der Waals surface area (Å²) in [6, 6.07) is 9.82. The van der Waals surface area contributed by atoms with Gasteiger partial charge in [0.2, 0.25) is 20.6 Å². The molecule has 0 atom stereocenters. The van der Waals surface area contributed by atoms with Crippen LogP contribution >= 0.6 is 7.92 Å². The van der Waals surface area contributed by atoms with Crippen LogP contribution in [0.4, 0.5) is 0 Å². The zero-order valence-corrected chi connectivity index (χ0v) is 15.7. The van der Waals surface area contributed by atoms with E-state index in [9.17, 15) is 16.8 Å². The Morgan fingerprint density at radius 1 is 0.720 bits per heavy atom. The molecule has 2 aliphatic carbocycles. The van der Waals surface area contributed by atoms with Gasteiger partial charge in [-0.2, -0.15) is 16.8 Å². The Bertz CT molecular complexity index is 1000. The number of allylic oxidation sites excluding steroid dienone is 8. The normalized spacial score (nSPS) is 16.7. The lowest BCUT2D eigenvalue weighted by molar-refractivity contribution is 0.625. The van der Waals surface area contributed by atoms with E-state index in [2.05, 4.69) is 0 Å². The largest absolute Gasteiger partial charge is 0.217 e. The molecule has 0 amide bonds. The predicted molar refractivity (Wildman–Crippen MR) is 105 cm³/mol. The molecule has 25 heavy (non-hydrogen) atoms. The third-order valence-corrected chi connectivity index (χ3v) is 7.86. The number of hydrogen-bond donors (Lipinski definition) is 0. The molecule has 0 spiro atoms. The average Bonchev–Trinajstić information content (AvgIpc) is 2.63. The molecule has 1 aromatic rings. The molecule has 2 aliphatic rings. The van der Waals surface area contributed by atoms with Crippen LogP contribution in [0.1, 0.15) is 12.8 Å².